The molecule has 2 aromatic heterocycles. The molecule has 0 radical (unpaired) electrons. The number of pyridine rings is 1. The lowest BCUT2D eigenvalue weighted by Gasteiger charge is -2.18. The smallest absolute Gasteiger partial charge is 0.332 e. The lowest BCUT2D eigenvalue weighted by molar-refractivity contribution is -0.130. The molecule has 0 unspecified atom stereocenters. The third-order valence-electron chi connectivity index (χ3n) is 5.81. The number of hydrogen-bond acceptors (Lipinski definition) is 6. The molecule has 4 rings (SSSR count). The summed E-state index contributed by atoms with van der Waals surface area (Å²) in [7, 11) is 3.11. The van der Waals surface area contributed by atoms with Crippen LogP contribution in [-0.4, -0.2) is 52.2 Å². The zero-order chi connectivity index (χ0) is 22.7. The Labute approximate surface area is 184 Å². The van der Waals surface area contributed by atoms with Gasteiger partial charge >= 0.3 is 5.69 Å². The SMILES string of the molecule is COc1ccc(CCn2c(=O)c3ncccc3n(CC(=O)N3CCCC3)c2=O)cc1OC. The van der Waals surface area contributed by atoms with Crippen LogP contribution in [0.1, 0.15) is 18.4 Å². The molecule has 0 aliphatic carbocycles. The Morgan fingerprint density at radius 1 is 1.03 bits per heavy atom. The normalized spacial score (nSPS) is 13.5. The van der Waals surface area contributed by atoms with E-state index in [0.717, 1.165) is 23.0 Å². The Morgan fingerprint density at radius 2 is 1.78 bits per heavy atom. The number of nitrogens with zero attached hydrogens (tertiary/aromatic N) is 4. The number of carbonyl (C=O) groups excluding carboxylic acids is 1. The highest BCUT2D eigenvalue weighted by Crippen LogP contribution is 2.27. The van der Waals surface area contributed by atoms with Crippen molar-refractivity contribution in [3.05, 3.63) is 62.9 Å². The van der Waals surface area contributed by atoms with Crippen LogP contribution in [0, 0.1) is 0 Å². The number of carbonyl (C=O) groups is 1. The maximum absolute atomic E-state index is 13.3. The predicted octanol–water partition coefficient (Wildman–Crippen LogP) is 1.44. The predicted molar refractivity (Wildman–Crippen MR) is 119 cm³/mol. The van der Waals surface area contributed by atoms with Crippen LogP contribution in [0.5, 0.6) is 11.5 Å². The Kier molecular flexibility index (Phi) is 6.25. The van der Waals surface area contributed by atoms with Crippen LogP contribution in [0.15, 0.2) is 46.1 Å². The molecule has 1 amide bonds. The fourth-order valence-electron chi connectivity index (χ4n) is 4.07. The number of methoxy groups -OCH3 is 2. The van der Waals surface area contributed by atoms with Crippen LogP contribution >= 0.6 is 0 Å². The second-order valence-electron chi connectivity index (χ2n) is 7.72. The maximum atomic E-state index is 13.3. The molecule has 0 N–H and O–H groups in total. The summed E-state index contributed by atoms with van der Waals surface area (Å²) in [6.07, 6.45) is 3.87. The van der Waals surface area contributed by atoms with E-state index in [9.17, 15) is 14.4 Å². The monoisotopic (exact) mass is 438 g/mol. The average molecular weight is 438 g/mol. The minimum absolute atomic E-state index is 0.113. The van der Waals surface area contributed by atoms with Crippen LogP contribution in [0.4, 0.5) is 0 Å². The van der Waals surface area contributed by atoms with Crippen LogP contribution < -0.4 is 20.7 Å². The van der Waals surface area contributed by atoms with E-state index in [1.807, 2.05) is 12.1 Å². The molecule has 0 saturated carbocycles. The fraction of sp³-hybridized carbons (Fsp3) is 0.391. The van der Waals surface area contributed by atoms with E-state index in [1.165, 1.54) is 10.8 Å². The van der Waals surface area contributed by atoms with Gasteiger partial charge in [-0.15, -0.1) is 0 Å². The fourth-order valence-corrected chi connectivity index (χ4v) is 4.07. The first kappa shape index (κ1) is 21.6. The summed E-state index contributed by atoms with van der Waals surface area (Å²) in [6, 6.07) is 8.78. The Balaban J connectivity index is 1.69. The molecule has 32 heavy (non-hydrogen) atoms. The van der Waals surface area contributed by atoms with Crippen LogP contribution in [-0.2, 0) is 24.3 Å². The van der Waals surface area contributed by atoms with Crippen LogP contribution in [0.3, 0.4) is 0 Å². The minimum Gasteiger partial charge on any atom is -0.493 e. The van der Waals surface area contributed by atoms with Gasteiger partial charge in [0, 0.05) is 25.8 Å². The van der Waals surface area contributed by atoms with Crippen LogP contribution in [0.2, 0.25) is 0 Å². The van der Waals surface area contributed by atoms with Crippen LogP contribution in [0.25, 0.3) is 11.0 Å². The largest absolute Gasteiger partial charge is 0.493 e. The molecule has 1 fully saturated rings. The molecule has 3 heterocycles. The van der Waals surface area contributed by atoms with E-state index in [0.29, 0.717) is 36.5 Å². The third kappa shape index (κ3) is 4.10. The molecule has 9 heteroatoms. The van der Waals surface area contributed by atoms with Gasteiger partial charge in [0.1, 0.15) is 6.54 Å². The summed E-state index contributed by atoms with van der Waals surface area (Å²) < 4.78 is 13.1. The van der Waals surface area contributed by atoms with Crippen molar-refractivity contribution in [1.82, 2.24) is 19.0 Å². The standard InChI is InChI=1S/C23H26N4O5/c1-31-18-8-7-16(14-19(18)32-2)9-13-26-22(29)21-17(6-5-10-24-21)27(23(26)30)15-20(28)25-11-3-4-12-25/h5-8,10,14H,3-4,9,11-13,15H2,1-2H3. The highest BCUT2D eigenvalue weighted by Gasteiger charge is 2.21. The third-order valence-corrected chi connectivity index (χ3v) is 5.81. The first-order valence-electron chi connectivity index (χ1n) is 10.6. The number of hydrogen-bond donors (Lipinski definition) is 0. The number of aryl methyl sites for hydroxylation is 1. The molecule has 0 bridgehead atoms. The topological polar surface area (TPSA) is 95.7 Å². The van der Waals surface area contributed by atoms with E-state index in [4.69, 9.17) is 9.47 Å². The second kappa shape index (κ2) is 9.25. The Morgan fingerprint density at radius 3 is 2.50 bits per heavy atom. The Bertz CT molecular complexity index is 1260. The molecule has 1 saturated heterocycles. The molecule has 0 atom stereocenters. The highest BCUT2D eigenvalue weighted by atomic mass is 16.5. The van der Waals surface area contributed by atoms with Gasteiger partial charge in [-0.1, -0.05) is 6.07 Å². The van der Waals surface area contributed by atoms with Crippen molar-refractivity contribution in [2.24, 2.45) is 0 Å². The van der Waals surface area contributed by atoms with Crippen molar-refractivity contribution < 1.29 is 14.3 Å². The lowest BCUT2D eigenvalue weighted by Crippen LogP contribution is -2.43. The van der Waals surface area contributed by atoms with E-state index < -0.39 is 11.2 Å². The zero-order valence-electron chi connectivity index (χ0n) is 18.2. The van der Waals surface area contributed by atoms with Crippen molar-refractivity contribution in [2.75, 3.05) is 27.3 Å². The number of benzene rings is 1. The number of ether oxygens (including phenoxy) is 2. The second-order valence-corrected chi connectivity index (χ2v) is 7.72. The number of aromatic nitrogens is 3. The molecule has 168 valence electrons. The van der Waals surface area contributed by atoms with Crippen molar-refractivity contribution in [1.29, 1.82) is 0 Å². The number of rotatable bonds is 7. The summed E-state index contributed by atoms with van der Waals surface area (Å²) in [4.78, 5) is 45.0. The molecular weight excluding hydrogens is 412 g/mol. The average Bonchev–Trinajstić information content (AvgIpc) is 3.36. The summed E-state index contributed by atoms with van der Waals surface area (Å²) in [5.74, 6) is 1.05. The quantitative estimate of drug-likeness (QED) is 0.554. The van der Waals surface area contributed by atoms with E-state index >= 15 is 0 Å². The van der Waals surface area contributed by atoms with Gasteiger partial charge in [-0.2, -0.15) is 0 Å². The van der Waals surface area contributed by atoms with Crippen molar-refractivity contribution in [3.63, 3.8) is 0 Å². The van der Waals surface area contributed by atoms with Gasteiger partial charge < -0.3 is 14.4 Å². The summed E-state index contributed by atoms with van der Waals surface area (Å²) >= 11 is 0. The first-order valence-corrected chi connectivity index (χ1v) is 10.6. The van der Waals surface area contributed by atoms with Gasteiger partial charge in [0.2, 0.25) is 5.91 Å². The summed E-state index contributed by atoms with van der Waals surface area (Å²) in [6.45, 7) is 1.43. The highest BCUT2D eigenvalue weighted by molar-refractivity contribution is 5.79. The molecule has 1 aliphatic rings. The number of fused-ring (bicyclic) bond motifs is 1. The summed E-state index contributed by atoms with van der Waals surface area (Å²) in [5.41, 5.74) is 0.459. The minimum atomic E-state index is -0.511. The molecule has 1 aromatic carbocycles. The van der Waals surface area contributed by atoms with Crippen molar-refractivity contribution in [3.8, 4) is 11.5 Å². The number of likely N-dealkylation sites (tertiary alicyclic amines) is 1. The van der Waals surface area contributed by atoms with E-state index in [-0.39, 0.29) is 24.5 Å². The summed E-state index contributed by atoms with van der Waals surface area (Å²) in [5, 5.41) is 0. The van der Waals surface area contributed by atoms with E-state index in [1.54, 1.807) is 37.3 Å². The number of amides is 1. The molecular formula is C23H26N4O5. The van der Waals surface area contributed by atoms with Crippen molar-refractivity contribution in [2.45, 2.75) is 32.4 Å². The van der Waals surface area contributed by atoms with E-state index in [2.05, 4.69) is 4.98 Å². The van der Waals surface area contributed by atoms with Gasteiger partial charge in [0.15, 0.2) is 17.0 Å². The molecule has 9 nitrogen and oxygen atoms in total. The zero-order valence-corrected chi connectivity index (χ0v) is 18.2. The van der Waals surface area contributed by atoms with Gasteiger partial charge in [-0.25, -0.2) is 9.78 Å². The van der Waals surface area contributed by atoms with Gasteiger partial charge in [0.05, 0.1) is 19.7 Å². The van der Waals surface area contributed by atoms with Gasteiger partial charge in [-0.05, 0) is 49.1 Å². The van der Waals surface area contributed by atoms with Gasteiger partial charge in [0.25, 0.3) is 5.56 Å². The first-order chi connectivity index (χ1) is 15.5. The molecule has 3 aromatic rings. The van der Waals surface area contributed by atoms with Gasteiger partial charge in [-0.3, -0.25) is 18.7 Å². The maximum Gasteiger partial charge on any atom is 0.332 e. The molecule has 0 spiro atoms. The Hall–Kier alpha value is -3.62. The molecule has 1 aliphatic heterocycles. The lowest BCUT2D eigenvalue weighted by atomic mass is 10.1. The van der Waals surface area contributed by atoms with Crippen molar-refractivity contribution >= 4 is 16.9 Å².